The van der Waals surface area contributed by atoms with E-state index < -0.39 is 0 Å². The molecule has 0 bridgehead atoms. The number of rotatable bonds is 5. The molecular formula is C12H14ClFN2O. The summed E-state index contributed by atoms with van der Waals surface area (Å²) in [6.07, 6.45) is 1.96. The Morgan fingerprint density at radius 3 is 2.88 bits per heavy atom. The van der Waals surface area contributed by atoms with Gasteiger partial charge in [0.05, 0.1) is 24.5 Å². The molecule has 0 aromatic carbocycles. The number of pyridine rings is 1. The number of aliphatic hydroxyl groups excluding tert-OH is 1. The molecule has 2 aromatic heterocycles. The van der Waals surface area contributed by atoms with E-state index in [9.17, 15) is 4.39 Å². The first kappa shape index (κ1) is 12.3. The van der Waals surface area contributed by atoms with Gasteiger partial charge in [0.25, 0.3) is 0 Å². The number of hydrogen-bond donors (Lipinski definition) is 2. The van der Waals surface area contributed by atoms with E-state index >= 15 is 0 Å². The minimum atomic E-state index is -0.309. The van der Waals surface area contributed by atoms with Crippen LogP contribution in [0.25, 0.3) is 10.9 Å². The second kappa shape index (κ2) is 5.47. The first-order valence-corrected chi connectivity index (χ1v) is 5.96. The summed E-state index contributed by atoms with van der Waals surface area (Å²) in [6.45, 7) is -0.355. The Balaban J connectivity index is 2.34. The average Bonchev–Trinajstić information content (AvgIpc) is 2.72. The van der Waals surface area contributed by atoms with Crippen LogP contribution in [0.2, 0.25) is 5.15 Å². The Bertz CT molecular complexity index is 512. The molecule has 2 rings (SSSR count). The Kier molecular flexibility index (Phi) is 3.97. The fourth-order valence-corrected chi connectivity index (χ4v) is 2.10. The van der Waals surface area contributed by atoms with Crippen LogP contribution in [0.15, 0.2) is 12.1 Å². The van der Waals surface area contributed by atoms with Gasteiger partial charge in [0, 0.05) is 11.1 Å². The zero-order valence-electron chi connectivity index (χ0n) is 9.34. The summed E-state index contributed by atoms with van der Waals surface area (Å²) in [5.74, 6) is 0. The van der Waals surface area contributed by atoms with Crippen molar-refractivity contribution in [2.45, 2.75) is 25.9 Å². The maximum absolute atomic E-state index is 12.1. The lowest BCUT2D eigenvalue weighted by Crippen LogP contribution is -1.94. The van der Waals surface area contributed by atoms with Crippen LogP contribution in [-0.4, -0.2) is 21.7 Å². The highest BCUT2D eigenvalue weighted by Crippen LogP contribution is 2.23. The average molecular weight is 257 g/mol. The topological polar surface area (TPSA) is 48.9 Å². The lowest BCUT2D eigenvalue weighted by molar-refractivity contribution is 0.278. The van der Waals surface area contributed by atoms with E-state index in [1.807, 2.05) is 6.07 Å². The van der Waals surface area contributed by atoms with Crippen molar-refractivity contribution < 1.29 is 9.50 Å². The molecule has 0 spiro atoms. The molecule has 0 aliphatic heterocycles. The van der Waals surface area contributed by atoms with Crippen molar-refractivity contribution in [1.29, 1.82) is 0 Å². The molecule has 0 aliphatic rings. The van der Waals surface area contributed by atoms with Gasteiger partial charge < -0.3 is 10.1 Å². The summed E-state index contributed by atoms with van der Waals surface area (Å²) in [5, 5.41) is 10.4. The number of aromatic nitrogens is 2. The van der Waals surface area contributed by atoms with Gasteiger partial charge in [0.2, 0.25) is 0 Å². The number of fused-ring (bicyclic) bond motifs is 1. The minimum absolute atomic E-state index is 0.0454. The zero-order chi connectivity index (χ0) is 12.3. The third-order valence-corrected chi connectivity index (χ3v) is 2.87. The first-order chi connectivity index (χ1) is 8.24. The molecule has 0 saturated carbocycles. The monoisotopic (exact) mass is 256 g/mol. The molecule has 2 N–H and O–H groups in total. The molecule has 17 heavy (non-hydrogen) atoms. The lowest BCUT2D eigenvalue weighted by atomic mass is 10.1. The Labute approximate surface area is 104 Å². The Morgan fingerprint density at radius 1 is 1.35 bits per heavy atom. The number of halogens is 2. The van der Waals surface area contributed by atoms with Gasteiger partial charge in [-0.2, -0.15) is 0 Å². The molecule has 2 heterocycles. The van der Waals surface area contributed by atoms with Gasteiger partial charge in [-0.15, -0.1) is 0 Å². The molecule has 0 radical (unpaired) electrons. The predicted molar refractivity (Wildman–Crippen MR) is 65.9 cm³/mol. The molecule has 2 aromatic rings. The van der Waals surface area contributed by atoms with Gasteiger partial charge in [-0.25, -0.2) is 4.98 Å². The highest BCUT2D eigenvalue weighted by Gasteiger charge is 2.08. The maximum Gasteiger partial charge on any atom is 0.130 e. The van der Waals surface area contributed by atoms with Gasteiger partial charge in [0.15, 0.2) is 0 Å². The van der Waals surface area contributed by atoms with Crippen molar-refractivity contribution in [2.75, 3.05) is 6.67 Å². The number of unbranched alkanes of at least 4 members (excludes halogenated alkanes) is 1. The molecule has 0 fully saturated rings. The number of nitrogens with one attached hydrogen (secondary N) is 1. The fraction of sp³-hybridized carbons (Fsp3) is 0.417. The largest absolute Gasteiger partial charge is 0.390 e. The van der Waals surface area contributed by atoms with Gasteiger partial charge in [-0.05, 0) is 31.4 Å². The van der Waals surface area contributed by atoms with Gasteiger partial charge >= 0.3 is 0 Å². The van der Waals surface area contributed by atoms with Crippen molar-refractivity contribution >= 4 is 22.5 Å². The molecule has 0 atom stereocenters. The summed E-state index contributed by atoms with van der Waals surface area (Å²) < 4.78 is 12.1. The molecule has 0 saturated heterocycles. The van der Waals surface area contributed by atoms with Crippen LogP contribution in [-0.2, 0) is 13.0 Å². The second-order valence-electron chi connectivity index (χ2n) is 3.95. The second-order valence-corrected chi connectivity index (χ2v) is 4.34. The molecule has 0 amide bonds. The van der Waals surface area contributed by atoms with Gasteiger partial charge in [-0.1, -0.05) is 11.6 Å². The van der Waals surface area contributed by atoms with Crippen LogP contribution in [0, 0.1) is 0 Å². The highest BCUT2D eigenvalue weighted by atomic mass is 35.5. The van der Waals surface area contributed by atoms with Crippen LogP contribution < -0.4 is 0 Å². The number of nitrogens with zero attached hydrogens (tertiary/aromatic N) is 1. The Hall–Kier alpha value is -1.13. The first-order valence-electron chi connectivity index (χ1n) is 5.58. The third-order valence-electron chi connectivity index (χ3n) is 2.68. The summed E-state index contributed by atoms with van der Waals surface area (Å²) in [4.78, 5) is 7.35. The molecule has 0 aliphatic carbocycles. The summed E-state index contributed by atoms with van der Waals surface area (Å²) in [6, 6.07) is 3.60. The number of hydrogen-bond acceptors (Lipinski definition) is 2. The van der Waals surface area contributed by atoms with Crippen LogP contribution >= 0.6 is 11.6 Å². The zero-order valence-corrected chi connectivity index (χ0v) is 10.1. The fourth-order valence-electron chi connectivity index (χ4n) is 1.88. The van der Waals surface area contributed by atoms with Crippen LogP contribution in [0.3, 0.4) is 0 Å². The number of aromatic amines is 1. The van der Waals surface area contributed by atoms with E-state index in [0.29, 0.717) is 18.0 Å². The quantitative estimate of drug-likeness (QED) is 0.638. The molecular weight excluding hydrogens is 243 g/mol. The maximum atomic E-state index is 12.1. The van der Waals surface area contributed by atoms with Gasteiger partial charge in [-0.3, -0.25) is 4.39 Å². The predicted octanol–water partition coefficient (Wildman–Crippen LogP) is 3.00. The standard InChI is InChI=1S/C12H14ClFN2O/c13-11-6-8-5-9(7-17)15-12(8)10(16-11)3-1-2-4-14/h5-6,15,17H,1-4,7H2. The van der Waals surface area contributed by atoms with Crippen molar-refractivity contribution in [2.24, 2.45) is 0 Å². The molecule has 0 unspecified atom stereocenters. The van der Waals surface area contributed by atoms with Crippen molar-refractivity contribution in [1.82, 2.24) is 9.97 Å². The SMILES string of the molecule is OCc1cc2cc(Cl)nc(CCCCF)c2[nH]1. The van der Waals surface area contributed by atoms with E-state index in [4.69, 9.17) is 16.7 Å². The van der Waals surface area contributed by atoms with Crippen molar-refractivity contribution in [3.63, 3.8) is 0 Å². The Morgan fingerprint density at radius 2 is 2.18 bits per heavy atom. The summed E-state index contributed by atoms with van der Waals surface area (Å²) in [5.41, 5.74) is 2.45. The number of alkyl halides is 1. The number of aryl methyl sites for hydroxylation is 1. The summed E-state index contributed by atoms with van der Waals surface area (Å²) >= 11 is 5.93. The van der Waals surface area contributed by atoms with Crippen LogP contribution in [0.1, 0.15) is 24.2 Å². The molecule has 92 valence electrons. The van der Waals surface area contributed by atoms with E-state index in [-0.39, 0.29) is 13.3 Å². The highest BCUT2D eigenvalue weighted by molar-refractivity contribution is 6.30. The van der Waals surface area contributed by atoms with Gasteiger partial charge in [0.1, 0.15) is 5.15 Å². The lowest BCUT2D eigenvalue weighted by Gasteiger charge is -2.02. The number of H-pyrrole nitrogens is 1. The summed E-state index contributed by atoms with van der Waals surface area (Å²) in [7, 11) is 0. The van der Waals surface area contributed by atoms with E-state index in [1.54, 1.807) is 6.07 Å². The van der Waals surface area contributed by atoms with Crippen LogP contribution in [0.5, 0.6) is 0 Å². The van der Waals surface area contributed by atoms with Crippen LogP contribution in [0.4, 0.5) is 4.39 Å². The molecule has 5 heteroatoms. The minimum Gasteiger partial charge on any atom is -0.390 e. The van der Waals surface area contributed by atoms with E-state index in [0.717, 1.165) is 28.7 Å². The van der Waals surface area contributed by atoms with Crippen molar-refractivity contribution in [3.05, 3.63) is 28.7 Å². The van der Waals surface area contributed by atoms with E-state index in [1.165, 1.54) is 0 Å². The van der Waals surface area contributed by atoms with Crippen molar-refractivity contribution in [3.8, 4) is 0 Å². The third kappa shape index (κ3) is 2.76. The van der Waals surface area contributed by atoms with E-state index in [2.05, 4.69) is 9.97 Å². The normalized spacial score (nSPS) is 11.2. The number of aliphatic hydroxyl groups is 1. The smallest absolute Gasteiger partial charge is 0.130 e. The molecule has 3 nitrogen and oxygen atoms in total.